The van der Waals surface area contributed by atoms with Gasteiger partial charge in [0.25, 0.3) is 0 Å². The predicted molar refractivity (Wildman–Crippen MR) is 75.7 cm³/mol. The van der Waals surface area contributed by atoms with Gasteiger partial charge in [0.15, 0.2) is 0 Å². The van der Waals surface area contributed by atoms with Gasteiger partial charge in [0.2, 0.25) is 5.13 Å². The zero-order chi connectivity index (χ0) is 12.5. The first-order valence-corrected chi connectivity index (χ1v) is 7.27. The number of aromatic nitrogens is 2. The Balaban J connectivity index is 1.65. The number of hydrogen-bond donors (Lipinski definition) is 1. The molecule has 0 unspecified atom stereocenters. The molecule has 0 spiro atoms. The van der Waals surface area contributed by atoms with E-state index in [1.165, 1.54) is 24.4 Å². The summed E-state index contributed by atoms with van der Waals surface area (Å²) in [6.45, 7) is 0.634. The Hall–Kier alpha value is -0.840. The highest BCUT2D eigenvalue weighted by molar-refractivity contribution is 7.09. The summed E-state index contributed by atoms with van der Waals surface area (Å²) in [4.78, 5) is 4.46. The van der Waals surface area contributed by atoms with E-state index in [1.54, 1.807) is 6.07 Å². The normalized spacial score (nSPS) is 14.8. The highest BCUT2D eigenvalue weighted by atomic mass is 35.5. The maximum Gasteiger partial charge on any atom is 0.202 e. The number of benzene rings is 1. The van der Waals surface area contributed by atoms with Gasteiger partial charge in [-0.25, -0.2) is 4.98 Å². The third-order valence-electron chi connectivity index (χ3n) is 2.83. The number of anilines is 1. The van der Waals surface area contributed by atoms with Gasteiger partial charge in [0, 0.05) is 34.0 Å². The van der Waals surface area contributed by atoms with E-state index >= 15 is 0 Å². The molecule has 1 aliphatic carbocycles. The van der Waals surface area contributed by atoms with Crippen molar-refractivity contribution in [2.24, 2.45) is 0 Å². The fraction of sp³-hybridized carbons (Fsp3) is 0.333. The summed E-state index contributed by atoms with van der Waals surface area (Å²) < 4.78 is 4.34. The summed E-state index contributed by atoms with van der Waals surface area (Å²) in [6.07, 6.45) is 2.44. The van der Waals surface area contributed by atoms with E-state index < -0.39 is 0 Å². The minimum absolute atomic E-state index is 0.593. The van der Waals surface area contributed by atoms with Crippen molar-refractivity contribution in [3.8, 4) is 0 Å². The predicted octanol–water partition coefficient (Wildman–Crippen LogP) is 4.33. The van der Waals surface area contributed by atoms with Crippen LogP contribution in [-0.4, -0.2) is 9.36 Å². The van der Waals surface area contributed by atoms with Crippen molar-refractivity contribution in [1.29, 1.82) is 0 Å². The second-order valence-electron chi connectivity index (χ2n) is 4.32. The van der Waals surface area contributed by atoms with Crippen molar-refractivity contribution in [2.45, 2.75) is 25.3 Å². The second-order valence-corrected chi connectivity index (χ2v) is 5.92. The van der Waals surface area contributed by atoms with Gasteiger partial charge < -0.3 is 5.32 Å². The molecule has 1 aliphatic rings. The van der Waals surface area contributed by atoms with Gasteiger partial charge in [-0.15, -0.1) is 0 Å². The van der Waals surface area contributed by atoms with Gasteiger partial charge in [-0.1, -0.05) is 29.3 Å². The van der Waals surface area contributed by atoms with Gasteiger partial charge in [-0.05, 0) is 30.5 Å². The minimum atomic E-state index is 0.593. The lowest BCUT2D eigenvalue weighted by Crippen LogP contribution is -1.99. The third-order valence-corrected chi connectivity index (χ3v) is 4.10. The molecule has 6 heteroatoms. The molecule has 2 aromatic rings. The molecule has 1 N–H and O–H groups in total. The minimum Gasteiger partial charge on any atom is -0.356 e. The SMILES string of the molecule is Clc1ccc(CNc2nc(C3CC3)ns2)c(Cl)c1. The molecule has 0 radical (unpaired) electrons. The average molecular weight is 300 g/mol. The molecule has 0 aliphatic heterocycles. The number of rotatable bonds is 4. The van der Waals surface area contributed by atoms with E-state index in [1.807, 2.05) is 12.1 Å². The topological polar surface area (TPSA) is 37.8 Å². The van der Waals surface area contributed by atoms with Gasteiger partial charge in [-0.3, -0.25) is 0 Å². The van der Waals surface area contributed by atoms with Gasteiger partial charge in [0.1, 0.15) is 5.82 Å². The fourth-order valence-electron chi connectivity index (χ4n) is 1.65. The van der Waals surface area contributed by atoms with Crippen LogP contribution in [0.1, 0.15) is 30.1 Å². The molecule has 1 saturated carbocycles. The van der Waals surface area contributed by atoms with E-state index in [0.29, 0.717) is 22.5 Å². The quantitative estimate of drug-likeness (QED) is 0.913. The van der Waals surface area contributed by atoms with Crippen LogP contribution < -0.4 is 5.32 Å². The van der Waals surface area contributed by atoms with E-state index in [2.05, 4.69) is 14.7 Å². The van der Waals surface area contributed by atoms with Gasteiger partial charge in [-0.2, -0.15) is 4.37 Å². The van der Waals surface area contributed by atoms with Crippen LogP contribution in [0.25, 0.3) is 0 Å². The van der Waals surface area contributed by atoms with E-state index in [4.69, 9.17) is 23.2 Å². The third kappa shape index (κ3) is 2.76. The Morgan fingerprint density at radius 2 is 2.17 bits per heavy atom. The van der Waals surface area contributed by atoms with E-state index in [-0.39, 0.29) is 0 Å². The van der Waals surface area contributed by atoms with Crippen molar-refractivity contribution in [3.63, 3.8) is 0 Å². The van der Waals surface area contributed by atoms with Crippen LogP contribution in [-0.2, 0) is 6.54 Å². The van der Waals surface area contributed by atoms with Crippen LogP contribution in [0, 0.1) is 0 Å². The Kier molecular flexibility index (Phi) is 3.41. The Bertz CT molecular complexity index is 566. The molecule has 1 aromatic heterocycles. The summed E-state index contributed by atoms with van der Waals surface area (Å²) in [7, 11) is 0. The van der Waals surface area contributed by atoms with Crippen LogP contribution in [0.3, 0.4) is 0 Å². The van der Waals surface area contributed by atoms with Crippen molar-refractivity contribution < 1.29 is 0 Å². The number of nitrogens with one attached hydrogen (secondary N) is 1. The average Bonchev–Trinajstić information content (AvgIpc) is 3.08. The zero-order valence-corrected chi connectivity index (χ0v) is 11.8. The summed E-state index contributed by atoms with van der Waals surface area (Å²) in [5, 5.41) is 5.41. The van der Waals surface area contributed by atoms with E-state index in [0.717, 1.165) is 16.5 Å². The van der Waals surface area contributed by atoms with Crippen molar-refractivity contribution in [1.82, 2.24) is 9.36 Å². The molecule has 3 rings (SSSR count). The highest BCUT2D eigenvalue weighted by Crippen LogP contribution is 2.39. The monoisotopic (exact) mass is 299 g/mol. The number of nitrogens with zero attached hydrogens (tertiary/aromatic N) is 2. The summed E-state index contributed by atoms with van der Waals surface area (Å²) in [6, 6.07) is 5.50. The van der Waals surface area contributed by atoms with Crippen molar-refractivity contribution in [2.75, 3.05) is 5.32 Å². The summed E-state index contributed by atoms with van der Waals surface area (Å²) >= 11 is 13.4. The molecule has 1 aromatic carbocycles. The zero-order valence-electron chi connectivity index (χ0n) is 9.49. The lowest BCUT2D eigenvalue weighted by Gasteiger charge is -2.05. The van der Waals surface area contributed by atoms with Crippen LogP contribution in [0.15, 0.2) is 18.2 Å². The standard InChI is InChI=1S/C12H11Cl2N3S/c13-9-4-3-8(10(14)5-9)6-15-12-16-11(17-18-12)7-1-2-7/h3-5,7H,1-2,6H2,(H,15,16,17). The molecule has 0 bridgehead atoms. The molecule has 1 heterocycles. The molecule has 18 heavy (non-hydrogen) atoms. The Morgan fingerprint density at radius 3 is 2.89 bits per heavy atom. The van der Waals surface area contributed by atoms with Gasteiger partial charge >= 0.3 is 0 Å². The summed E-state index contributed by atoms with van der Waals surface area (Å²) in [5.41, 5.74) is 1.00. The van der Waals surface area contributed by atoms with Gasteiger partial charge in [0.05, 0.1) is 0 Å². The number of hydrogen-bond acceptors (Lipinski definition) is 4. The van der Waals surface area contributed by atoms with Crippen LogP contribution in [0.5, 0.6) is 0 Å². The molecule has 94 valence electrons. The summed E-state index contributed by atoms with van der Waals surface area (Å²) in [5.74, 6) is 1.57. The van der Waals surface area contributed by atoms with E-state index in [9.17, 15) is 0 Å². The van der Waals surface area contributed by atoms with Crippen LogP contribution in [0.4, 0.5) is 5.13 Å². The van der Waals surface area contributed by atoms with Crippen LogP contribution in [0.2, 0.25) is 10.0 Å². The Morgan fingerprint density at radius 1 is 1.33 bits per heavy atom. The smallest absolute Gasteiger partial charge is 0.202 e. The maximum absolute atomic E-state index is 6.10. The molecular formula is C12H11Cl2N3S. The van der Waals surface area contributed by atoms with Crippen LogP contribution >= 0.6 is 34.7 Å². The molecule has 0 amide bonds. The largest absolute Gasteiger partial charge is 0.356 e. The first kappa shape index (κ1) is 12.2. The molecular weight excluding hydrogens is 289 g/mol. The van der Waals surface area contributed by atoms with Crippen molar-refractivity contribution >= 4 is 39.9 Å². The highest BCUT2D eigenvalue weighted by Gasteiger charge is 2.27. The molecule has 3 nitrogen and oxygen atoms in total. The molecule has 1 fully saturated rings. The first-order valence-electron chi connectivity index (χ1n) is 5.74. The Labute approximate surface area is 119 Å². The van der Waals surface area contributed by atoms with Crippen molar-refractivity contribution in [3.05, 3.63) is 39.6 Å². The fourth-order valence-corrected chi connectivity index (χ4v) is 2.77. The lowest BCUT2D eigenvalue weighted by molar-refractivity contribution is 0.980. The maximum atomic E-state index is 6.10. The lowest BCUT2D eigenvalue weighted by atomic mass is 10.2. The first-order chi connectivity index (χ1) is 8.72. The molecule has 0 saturated heterocycles. The molecule has 0 atom stereocenters. The second kappa shape index (κ2) is 5.03. The number of halogens is 2.